The highest BCUT2D eigenvalue weighted by Gasteiger charge is 2.52. The van der Waals surface area contributed by atoms with E-state index in [2.05, 4.69) is 0 Å². The van der Waals surface area contributed by atoms with Crippen molar-refractivity contribution in [3.05, 3.63) is 34.9 Å². The van der Waals surface area contributed by atoms with Crippen molar-refractivity contribution in [3.63, 3.8) is 0 Å². The summed E-state index contributed by atoms with van der Waals surface area (Å²) in [7, 11) is 0. The molecule has 1 rings (SSSR count). The first kappa shape index (κ1) is 16.0. The maximum absolute atomic E-state index is 12.8. The van der Waals surface area contributed by atoms with Crippen LogP contribution in [0.25, 0.3) is 0 Å². The second-order valence-corrected chi connectivity index (χ2v) is 6.15. The molecule has 1 N–H and O–H groups in total. The highest BCUT2D eigenvalue weighted by atomic mass is 19.4. The lowest BCUT2D eigenvalue weighted by molar-refractivity contribution is -0.259. The van der Waals surface area contributed by atoms with E-state index in [9.17, 15) is 18.3 Å². The predicted molar refractivity (Wildman–Crippen MR) is 70.2 cm³/mol. The molecule has 0 fully saturated rings. The van der Waals surface area contributed by atoms with E-state index < -0.39 is 17.2 Å². The van der Waals surface area contributed by atoms with Crippen LogP contribution in [0.1, 0.15) is 43.9 Å². The molecule has 0 spiro atoms. The number of aryl methyl sites for hydroxylation is 2. The van der Waals surface area contributed by atoms with Crippen LogP contribution >= 0.6 is 0 Å². The first-order valence-electron chi connectivity index (χ1n) is 6.24. The smallest absolute Gasteiger partial charge is 0.381 e. The van der Waals surface area contributed by atoms with Crippen molar-refractivity contribution in [2.75, 3.05) is 0 Å². The normalized spacial score (nSPS) is 16.3. The van der Waals surface area contributed by atoms with Crippen LogP contribution in [0.3, 0.4) is 0 Å². The Morgan fingerprint density at radius 2 is 1.58 bits per heavy atom. The van der Waals surface area contributed by atoms with Crippen LogP contribution in [0.2, 0.25) is 0 Å². The molecule has 4 heteroatoms. The molecule has 0 aliphatic rings. The van der Waals surface area contributed by atoms with Crippen LogP contribution in [-0.2, 0) is 5.41 Å². The first-order valence-corrected chi connectivity index (χ1v) is 6.24. The summed E-state index contributed by atoms with van der Waals surface area (Å²) in [6, 6.07) is 5.72. The molecule has 1 aromatic rings. The van der Waals surface area contributed by atoms with Gasteiger partial charge in [-0.15, -0.1) is 0 Å². The molecule has 0 saturated carbocycles. The van der Waals surface area contributed by atoms with Gasteiger partial charge < -0.3 is 5.11 Å². The molecule has 0 aliphatic carbocycles. The van der Waals surface area contributed by atoms with E-state index >= 15 is 0 Å². The summed E-state index contributed by atoms with van der Waals surface area (Å²) in [4.78, 5) is 0. The van der Waals surface area contributed by atoms with Crippen molar-refractivity contribution in [1.82, 2.24) is 0 Å². The molecule has 0 radical (unpaired) electrons. The molecular weight excluding hydrogens is 253 g/mol. The summed E-state index contributed by atoms with van der Waals surface area (Å²) in [6.07, 6.45) is -4.99. The summed E-state index contributed by atoms with van der Waals surface area (Å²) in [5, 5.41) is 9.68. The molecule has 0 bridgehead atoms. The van der Waals surface area contributed by atoms with Gasteiger partial charge in [0.15, 0.2) is 5.60 Å². The minimum absolute atomic E-state index is 0.367. The Kier molecular flexibility index (Phi) is 4.06. The van der Waals surface area contributed by atoms with Crippen LogP contribution in [-0.4, -0.2) is 16.9 Å². The number of hydrogen-bond donors (Lipinski definition) is 1. The van der Waals surface area contributed by atoms with Crippen LogP contribution in [0.5, 0.6) is 0 Å². The van der Waals surface area contributed by atoms with Crippen molar-refractivity contribution in [3.8, 4) is 0 Å². The Hall–Kier alpha value is -1.03. The first-order chi connectivity index (χ1) is 8.37. The van der Waals surface area contributed by atoms with Gasteiger partial charge in [-0.2, -0.15) is 13.2 Å². The second-order valence-electron chi connectivity index (χ2n) is 6.15. The average molecular weight is 274 g/mol. The van der Waals surface area contributed by atoms with Crippen molar-refractivity contribution in [2.45, 2.75) is 58.2 Å². The van der Waals surface area contributed by atoms with Crippen LogP contribution in [0.4, 0.5) is 13.2 Å². The summed E-state index contributed by atoms with van der Waals surface area (Å²) in [5.74, 6) is 0. The fourth-order valence-corrected chi connectivity index (χ4v) is 2.52. The SMILES string of the molecule is Cc1ccc(C)c(C(C)(C)CC(C)(O)C(F)(F)F)c1. The fourth-order valence-electron chi connectivity index (χ4n) is 2.52. The lowest BCUT2D eigenvalue weighted by Gasteiger charge is -2.36. The zero-order valence-electron chi connectivity index (χ0n) is 12.0. The summed E-state index contributed by atoms with van der Waals surface area (Å²) in [6.45, 7) is 8.07. The van der Waals surface area contributed by atoms with E-state index in [-0.39, 0.29) is 6.42 Å². The highest BCUT2D eigenvalue weighted by Crippen LogP contribution is 2.41. The average Bonchev–Trinajstić information content (AvgIpc) is 2.18. The van der Waals surface area contributed by atoms with Crippen LogP contribution in [0, 0.1) is 13.8 Å². The summed E-state index contributed by atoms with van der Waals surface area (Å²) in [5.41, 5.74) is -0.659. The van der Waals surface area contributed by atoms with E-state index in [4.69, 9.17) is 0 Å². The number of hydrogen-bond acceptors (Lipinski definition) is 1. The van der Waals surface area contributed by atoms with Gasteiger partial charge in [-0.1, -0.05) is 37.6 Å². The molecule has 108 valence electrons. The summed E-state index contributed by atoms with van der Waals surface area (Å²) >= 11 is 0. The molecular formula is C15H21F3O. The maximum Gasteiger partial charge on any atom is 0.416 e. The van der Waals surface area contributed by atoms with Gasteiger partial charge >= 0.3 is 6.18 Å². The number of halogens is 3. The van der Waals surface area contributed by atoms with Gasteiger partial charge in [-0.05, 0) is 43.7 Å². The Bertz CT molecular complexity index is 459. The van der Waals surface area contributed by atoms with Crippen LogP contribution in [0.15, 0.2) is 18.2 Å². The molecule has 19 heavy (non-hydrogen) atoms. The molecule has 1 unspecified atom stereocenters. The monoisotopic (exact) mass is 274 g/mol. The molecule has 0 saturated heterocycles. The molecule has 1 atom stereocenters. The van der Waals surface area contributed by atoms with Crippen molar-refractivity contribution >= 4 is 0 Å². The number of alkyl halides is 3. The fraction of sp³-hybridized carbons (Fsp3) is 0.600. The molecule has 0 heterocycles. The van der Waals surface area contributed by atoms with Crippen molar-refractivity contribution in [1.29, 1.82) is 0 Å². The lowest BCUT2D eigenvalue weighted by atomic mass is 9.73. The third-order valence-corrected chi connectivity index (χ3v) is 3.52. The Morgan fingerprint density at radius 1 is 1.05 bits per heavy atom. The van der Waals surface area contributed by atoms with E-state index in [0.717, 1.165) is 23.6 Å². The lowest BCUT2D eigenvalue weighted by Crippen LogP contribution is -2.46. The largest absolute Gasteiger partial charge is 0.416 e. The van der Waals surface area contributed by atoms with Crippen molar-refractivity contribution < 1.29 is 18.3 Å². The van der Waals surface area contributed by atoms with Gasteiger partial charge in [0.05, 0.1) is 0 Å². The van der Waals surface area contributed by atoms with E-state index in [1.807, 2.05) is 32.0 Å². The highest BCUT2D eigenvalue weighted by molar-refractivity contribution is 5.36. The van der Waals surface area contributed by atoms with Crippen molar-refractivity contribution in [2.24, 2.45) is 0 Å². The number of benzene rings is 1. The van der Waals surface area contributed by atoms with E-state index in [1.54, 1.807) is 13.8 Å². The minimum Gasteiger partial charge on any atom is -0.381 e. The minimum atomic E-state index is -4.62. The second kappa shape index (κ2) is 4.82. The number of rotatable bonds is 3. The Balaban J connectivity index is 3.15. The van der Waals surface area contributed by atoms with E-state index in [1.165, 1.54) is 0 Å². The van der Waals surface area contributed by atoms with Gasteiger partial charge in [-0.3, -0.25) is 0 Å². The third kappa shape index (κ3) is 3.50. The van der Waals surface area contributed by atoms with Gasteiger partial charge in [0.1, 0.15) is 0 Å². The van der Waals surface area contributed by atoms with Gasteiger partial charge in [0, 0.05) is 0 Å². The van der Waals surface area contributed by atoms with Crippen LogP contribution < -0.4 is 0 Å². The zero-order chi connectivity index (χ0) is 15.1. The maximum atomic E-state index is 12.8. The Morgan fingerprint density at radius 3 is 2.05 bits per heavy atom. The molecule has 1 aromatic carbocycles. The predicted octanol–water partition coefficient (Wildman–Crippen LogP) is 4.28. The molecule has 0 aromatic heterocycles. The van der Waals surface area contributed by atoms with Gasteiger partial charge in [-0.25, -0.2) is 0 Å². The quantitative estimate of drug-likeness (QED) is 0.872. The number of aliphatic hydroxyl groups is 1. The zero-order valence-corrected chi connectivity index (χ0v) is 12.0. The topological polar surface area (TPSA) is 20.2 Å². The Labute approximate surface area is 112 Å². The van der Waals surface area contributed by atoms with Gasteiger partial charge in [0.2, 0.25) is 0 Å². The molecule has 0 amide bonds. The molecule has 0 aliphatic heterocycles. The standard InChI is InChI=1S/C15H21F3O/c1-10-6-7-11(2)12(8-10)13(3,4)9-14(5,19)15(16,17)18/h6-8,19H,9H2,1-5H3. The summed E-state index contributed by atoms with van der Waals surface area (Å²) < 4.78 is 38.4. The molecule has 1 nitrogen and oxygen atoms in total. The van der Waals surface area contributed by atoms with E-state index in [0.29, 0.717) is 0 Å². The van der Waals surface area contributed by atoms with Gasteiger partial charge in [0.25, 0.3) is 0 Å². The third-order valence-electron chi connectivity index (χ3n) is 3.52.